The summed E-state index contributed by atoms with van der Waals surface area (Å²) in [5.74, 6) is 0.776. The molecule has 19 heavy (non-hydrogen) atoms. The lowest BCUT2D eigenvalue weighted by Gasteiger charge is -1.96. The molecule has 0 aliphatic heterocycles. The molecule has 0 aliphatic carbocycles. The summed E-state index contributed by atoms with van der Waals surface area (Å²) < 4.78 is 1.13. The highest BCUT2D eigenvalue weighted by atomic mass is 79.9. The van der Waals surface area contributed by atoms with Crippen molar-refractivity contribution in [3.63, 3.8) is 0 Å². The molecule has 0 bridgehead atoms. The molecule has 0 N–H and O–H groups in total. The van der Waals surface area contributed by atoms with E-state index in [-0.39, 0.29) is 0 Å². The van der Waals surface area contributed by atoms with Crippen molar-refractivity contribution in [2.45, 2.75) is 0 Å². The Bertz CT molecular complexity index is 545. The van der Waals surface area contributed by atoms with E-state index in [1.54, 1.807) is 12.4 Å². The molecule has 0 radical (unpaired) electrons. The van der Waals surface area contributed by atoms with Gasteiger partial charge in [-0.1, -0.05) is 64.5 Å². The number of hydrogen-bond donors (Lipinski definition) is 0. The quantitative estimate of drug-likeness (QED) is 0.656. The summed E-state index contributed by atoms with van der Waals surface area (Å²) >= 11 is 3.31. The number of aromatic nitrogens is 2. The molecule has 1 aromatic heterocycles. The number of nitrogens with zero attached hydrogens (tertiary/aromatic N) is 2. The average molecular weight is 313 g/mol. The molecule has 0 saturated heterocycles. The van der Waals surface area contributed by atoms with Crippen LogP contribution in [-0.2, 0) is 0 Å². The van der Waals surface area contributed by atoms with E-state index in [2.05, 4.69) is 25.9 Å². The van der Waals surface area contributed by atoms with Gasteiger partial charge < -0.3 is 0 Å². The van der Waals surface area contributed by atoms with Gasteiger partial charge in [0, 0.05) is 22.4 Å². The van der Waals surface area contributed by atoms with Gasteiger partial charge in [0.15, 0.2) is 5.82 Å². The Morgan fingerprint density at radius 3 is 1.63 bits per heavy atom. The van der Waals surface area contributed by atoms with E-state index in [1.807, 2.05) is 66.7 Å². The summed E-state index contributed by atoms with van der Waals surface area (Å²) in [7, 11) is 0. The van der Waals surface area contributed by atoms with Gasteiger partial charge >= 0.3 is 0 Å². The summed E-state index contributed by atoms with van der Waals surface area (Å²) in [6.45, 7) is 0. The van der Waals surface area contributed by atoms with Gasteiger partial charge in [0.2, 0.25) is 0 Å². The molecule has 0 saturated carbocycles. The second kappa shape index (κ2) is 7.44. The van der Waals surface area contributed by atoms with E-state index in [0.29, 0.717) is 0 Å². The minimum absolute atomic E-state index is 0.776. The van der Waals surface area contributed by atoms with Crippen LogP contribution in [0, 0.1) is 0 Å². The molecule has 0 spiro atoms. The summed E-state index contributed by atoms with van der Waals surface area (Å²) in [5.41, 5.74) is 1.05. The van der Waals surface area contributed by atoms with Gasteiger partial charge in [0.05, 0.1) is 0 Å². The molecule has 2 nitrogen and oxygen atoms in total. The fourth-order valence-electron chi connectivity index (χ4n) is 1.45. The molecule has 0 fully saturated rings. The Morgan fingerprint density at radius 2 is 1.16 bits per heavy atom. The van der Waals surface area contributed by atoms with Crippen molar-refractivity contribution >= 4 is 15.9 Å². The Balaban J connectivity index is 0.000000163. The van der Waals surface area contributed by atoms with Gasteiger partial charge in [-0.25, -0.2) is 9.97 Å². The predicted molar refractivity (Wildman–Crippen MR) is 81.6 cm³/mol. The predicted octanol–water partition coefficient (Wildman–Crippen LogP) is 4.59. The minimum Gasteiger partial charge on any atom is -0.237 e. The van der Waals surface area contributed by atoms with Crippen LogP contribution in [0.5, 0.6) is 0 Å². The first-order chi connectivity index (χ1) is 9.36. The highest BCUT2D eigenvalue weighted by Crippen LogP contribution is 2.11. The third kappa shape index (κ3) is 4.64. The second-order valence-corrected chi connectivity index (χ2v) is 4.65. The zero-order chi connectivity index (χ0) is 13.3. The van der Waals surface area contributed by atoms with E-state index in [1.165, 1.54) is 0 Å². The van der Waals surface area contributed by atoms with Gasteiger partial charge in [-0.15, -0.1) is 0 Å². The number of benzene rings is 2. The van der Waals surface area contributed by atoms with Crippen molar-refractivity contribution in [1.82, 2.24) is 9.97 Å². The maximum atomic E-state index is 4.14. The van der Waals surface area contributed by atoms with Crippen molar-refractivity contribution in [3.8, 4) is 11.4 Å². The zero-order valence-electron chi connectivity index (χ0n) is 10.3. The first-order valence-corrected chi connectivity index (χ1v) is 6.68. The molecule has 2 aromatic carbocycles. The lowest BCUT2D eigenvalue weighted by molar-refractivity contribution is 1.18. The maximum Gasteiger partial charge on any atom is 0.159 e. The Labute approximate surface area is 121 Å². The van der Waals surface area contributed by atoms with Crippen molar-refractivity contribution in [2.75, 3.05) is 0 Å². The lowest BCUT2D eigenvalue weighted by Crippen LogP contribution is -1.84. The van der Waals surface area contributed by atoms with Crippen LogP contribution < -0.4 is 0 Å². The van der Waals surface area contributed by atoms with Crippen LogP contribution in [0.1, 0.15) is 0 Å². The van der Waals surface area contributed by atoms with E-state index in [9.17, 15) is 0 Å². The Morgan fingerprint density at radius 1 is 0.632 bits per heavy atom. The molecule has 0 aliphatic rings. The van der Waals surface area contributed by atoms with Gasteiger partial charge in [-0.2, -0.15) is 0 Å². The highest BCUT2D eigenvalue weighted by molar-refractivity contribution is 9.10. The standard InChI is InChI=1S/C10H8N2.C6H5Br/c1-2-5-9(6-3-1)10-11-7-4-8-12-10;7-6-4-2-1-3-5-6/h1-8H;1-5H. The van der Waals surface area contributed by atoms with Crippen LogP contribution in [0.15, 0.2) is 83.6 Å². The second-order valence-electron chi connectivity index (χ2n) is 3.73. The third-order valence-electron chi connectivity index (χ3n) is 2.33. The van der Waals surface area contributed by atoms with Crippen LogP contribution in [0.25, 0.3) is 11.4 Å². The highest BCUT2D eigenvalue weighted by Gasteiger charge is 1.95. The fraction of sp³-hybridized carbons (Fsp3) is 0. The molecule has 0 amide bonds. The molecule has 3 heteroatoms. The molecular weight excluding hydrogens is 300 g/mol. The largest absolute Gasteiger partial charge is 0.237 e. The zero-order valence-corrected chi connectivity index (χ0v) is 11.9. The lowest BCUT2D eigenvalue weighted by atomic mass is 10.2. The van der Waals surface area contributed by atoms with Crippen molar-refractivity contribution in [3.05, 3.63) is 83.6 Å². The molecule has 0 unspecified atom stereocenters. The van der Waals surface area contributed by atoms with E-state index >= 15 is 0 Å². The van der Waals surface area contributed by atoms with Gasteiger partial charge in [-0.3, -0.25) is 0 Å². The van der Waals surface area contributed by atoms with E-state index in [4.69, 9.17) is 0 Å². The van der Waals surface area contributed by atoms with Crippen LogP contribution in [0.2, 0.25) is 0 Å². The van der Waals surface area contributed by atoms with Crippen molar-refractivity contribution in [1.29, 1.82) is 0 Å². The molecule has 3 aromatic rings. The van der Waals surface area contributed by atoms with Crippen LogP contribution in [0.4, 0.5) is 0 Å². The topological polar surface area (TPSA) is 25.8 Å². The summed E-state index contributed by atoms with van der Waals surface area (Å²) in [6, 6.07) is 21.7. The van der Waals surface area contributed by atoms with Gasteiger partial charge in [0.1, 0.15) is 0 Å². The van der Waals surface area contributed by atoms with Crippen LogP contribution in [0.3, 0.4) is 0 Å². The Kier molecular flexibility index (Phi) is 5.26. The summed E-state index contributed by atoms with van der Waals surface area (Å²) in [5, 5.41) is 0. The van der Waals surface area contributed by atoms with Crippen LogP contribution in [-0.4, -0.2) is 9.97 Å². The minimum atomic E-state index is 0.776. The monoisotopic (exact) mass is 312 g/mol. The first kappa shape index (κ1) is 13.4. The summed E-state index contributed by atoms with van der Waals surface area (Å²) in [4.78, 5) is 8.28. The molecular formula is C16H13BrN2. The normalized spacial score (nSPS) is 9.32. The molecule has 1 heterocycles. The summed E-state index contributed by atoms with van der Waals surface area (Å²) in [6.07, 6.45) is 3.49. The first-order valence-electron chi connectivity index (χ1n) is 5.89. The molecule has 3 rings (SSSR count). The van der Waals surface area contributed by atoms with E-state index in [0.717, 1.165) is 15.9 Å². The smallest absolute Gasteiger partial charge is 0.159 e. The third-order valence-corrected chi connectivity index (χ3v) is 2.86. The van der Waals surface area contributed by atoms with Gasteiger partial charge in [-0.05, 0) is 18.2 Å². The fourth-order valence-corrected chi connectivity index (χ4v) is 1.76. The molecule has 94 valence electrons. The number of halogens is 1. The Hall–Kier alpha value is -2.00. The SMILES string of the molecule is Brc1ccccc1.c1ccc(-c2ncccn2)cc1. The number of hydrogen-bond acceptors (Lipinski definition) is 2. The number of rotatable bonds is 1. The molecule has 0 atom stereocenters. The van der Waals surface area contributed by atoms with Gasteiger partial charge in [0.25, 0.3) is 0 Å². The van der Waals surface area contributed by atoms with Crippen molar-refractivity contribution < 1.29 is 0 Å². The maximum absolute atomic E-state index is 4.14. The van der Waals surface area contributed by atoms with E-state index < -0.39 is 0 Å². The average Bonchev–Trinajstić information content (AvgIpc) is 2.51. The van der Waals surface area contributed by atoms with Crippen molar-refractivity contribution in [2.24, 2.45) is 0 Å². The van der Waals surface area contributed by atoms with Crippen LogP contribution >= 0.6 is 15.9 Å².